The van der Waals surface area contributed by atoms with Gasteiger partial charge in [-0.15, -0.1) is 0 Å². The summed E-state index contributed by atoms with van der Waals surface area (Å²) in [6.07, 6.45) is -2.12. The van der Waals surface area contributed by atoms with Crippen molar-refractivity contribution in [1.29, 1.82) is 0 Å². The van der Waals surface area contributed by atoms with E-state index < -0.39 is 41.6 Å². The van der Waals surface area contributed by atoms with Crippen LogP contribution in [0.4, 0.5) is 9.18 Å². The van der Waals surface area contributed by atoms with E-state index in [4.69, 9.17) is 4.74 Å². The largest absolute Gasteiger partial charge is 0.444 e. The van der Waals surface area contributed by atoms with Gasteiger partial charge in [0, 0.05) is 6.42 Å². The standard InChI is InChI=1S/C16H28FN3O5/c1-15(2,3)25-14(24)19-11(16(4,5)17)13(23)20-8-9(21)7-10(20)12(22)18-6/h10-12,18,22H,7-8H2,1-6H3,(H,19,24)/t10-,11+,12?/m0/s1. The van der Waals surface area contributed by atoms with Gasteiger partial charge in [0.25, 0.3) is 0 Å². The Morgan fingerprint density at radius 3 is 2.32 bits per heavy atom. The van der Waals surface area contributed by atoms with Crippen LogP contribution in [0.2, 0.25) is 0 Å². The van der Waals surface area contributed by atoms with E-state index in [1.54, 1.807) is 20.8 Å². The highest BCUT2D eigenvalue weighted by Crippen LogP contribution is 2.23. The molecule has 0 aromatic heterocycles. The number of nitrogens with one attached hydrogen (secondary N) is 2. The zero-order valence-corrected chi connectivity index (χ0v) is 15.6. The minimum Gasteiger partial charge on any atom is -0.444 e. The highest BCUT2D eigenvalue weighted by Gasteiger charge is 2.46. The van der Waals surface area contributed by atoms with Gasteiger partial charge in [-0.2, -0.15) is 0 Å². The molecule has 1 fully saturated rings. The molecule has 0 aliphatic carbocycles. The van der Waals surface area contributed by atoms with Crippen molar-refractivity contribution < 1.29 is 28.6 Å². The number of ketones is 1. The third kappa shape index (κ3) is 5.93. The predicted molar refractivity (Wildman–Crippen MR) is 88.5 cm³/mol. The molecule has 0 bridgehead atoms. The number of likely N-dealkylation sites (tertiary alicyclic amines) is 1. The maximum Gasteiger partial charge on any atom is 0.408 e. The predicted octanol–water partition coefficient (Wildman–Crippen LogP) is 0.336. The molecule has 8 nitrogen and oxygen atoms in total. The Labute approximate surface area is 147 Å². The zero-order chi connectivity index (χ0) is 19.6. The van der Waals surface area contributed by atoms with Crippen molar-refractivity contribution in [2.45, 2.75) is 70.6 Å². The summed E-state index contributed by atoms with van der Waals surface area (Å²) >= 11 is 0. The van der Waals surface area contributed by atoms with Gasteiger partial charge in [-0.3, -0.25) is 14.9 Å². The summed E-state index contributed by atoms with van der Waals surface area (Å²) in [7, 11) is 1.48. The summed E-state index contributed by atoms with van der Waals surface area (Å²) < 4.78 is 19.7. The minimum atomic E-state index is -2.10. The number of aliphatic hydroxyl groups is 1. The summed E-state index contributed by atoms with van der Waals surface area (Å²) in [5, 5.41) is 14.8. The average Bonchev–Trinajstić information content (AvgIpc) is 2.82. The molecule has 0 saturated carbocycles. The van der Waals surface area contributed by atoms with Gasteiger partial charge in [0.15, 0.2) is 5.78 Å². The van der Waals surface area contributed by atoms with E-state index in [1.165, 1.54) is 7.05 Å². The topological polar surface area (TPSA) is 108 Å². The van der Waals surface area contributed by atoms with Crippen LogP contribution in [0.1, 0.15) is 41.0 Å². The van der Waals surface area contributed by atoms with Gasteiger partial charge in [-0.1, -0.05) is 0 Å². The lowest BCUT2D eigenvalue weighted by Crippen LogP contribution is -2.60. The molecule has 1 aliphatic heterocycles. The van der Waals surface area contributed by atoms with Crippen LogP contribution in [-0.4, -0.2) is 71.0 Å². The second-order valence-electron chi connectivity index (χ2n) is 7.65. The van der Waals surface area contributed by atoms with Crippen molar-refractivity contribution in [2.75, 3.05) is 13.6 Å². The number of alkyl halides is 1. The second-order valence-corrected chi connectivity index (χ2v) is 7.65. The number of hydrogen-bond donors (Lipinski definition) is 3. The molecule has 2 amide bonds. The zero-order valence-electron chi connectivity index (χ0n) is 15.6. The van der Waals surface area contributed by atoms with E-state index in [9.17, 15) is 23.9 Å². The third-order valence-electron chi connectivity index (χ3n) is 3.72. The summed E-state index contributed by atoms with van der Waals surface area (Å²) in [6, 6.07) is -2.38. The van der Waals surface area contributed by atoms with Gasteiger partial charge < -0.3 is 20.1 Å². The van der Waals surface area contributed by atoms with Crippen LogP contribution in [-0.2, 0) is 14.3 Å². The monoisotopic (exact) mass is 361 g/mol. The number of aliphatic hydroxyl groups excluding tert-OH is 1. The van der Waals surface area contributed by atoms with Gasteiger partial charge >= 0.3 is 6.09 Å². The number of likely N-dealkylation sites (N-methyl/N-ethyl adjacent to an activating group) is 1. The molecule has 3 atom stereocenters. The number of halogens is 1. The lowest BCUT2D eigenvalue weighted by Gasteiger charge is -2.34. The summed E-state index contributed by atoms with van der Waals surface area (Å²) in [4.78, 5) is 37.6. The van der Waals surface area contributed by atoms with Gasteiger partial charge in [0.1, 0.15) is 23.5 Å². The summed E-state index contributed by atoms with van der Waals surface area (Å²) in [6.45, 7) is 6.97. The molecule has 9 heteroatoms. The summed E-state index contributed by atoms with van der Waals surface area (Å²) in [5.74, 6) is -1.04. The molecule has 0 aromatic carbocycles. The average molecular weight is 361 g/mol. The number of rotatable bonds is 5. The quantitative estimate of drug-likeness (QED) is 0.609. The first-order chi connectivity index (χ1) is 11.3. The Morgan fingerprint density at radius 1 is 1.32 bits per heavy atom. The van der Waals surface area contributed by atoms with Crippen molar-refractivity contribution in [2.24, 2.45) is 0 Å². The SMILES string of the molecule is CNC(O)[C@@H]1CC(=O)CN1C(=O)[C@@H](NC(=O)OC(C)(C)C)C(C)(C)F. The van der Waals surface area contributed by atoms with Crippen molar-refractivity contribution in [3.8, 4) is 0 Å². The maximum atomic E-state index is 14.6. The van der Waals surface area contributed by atoms with E-state index in [0.29, 0.717) is 0 Å². The number of hydrogen-bond acceptors (Lipinski definition) is 6. The van der Waals surface area contributed by atoms with E-state index in [2.05, 4.69) is 10.6 Å². The fourth-order valence-corrected chi connectivity index (χ4v) is 2.55. The fraction of sp³-hybridized carbons (Fsp3) is 0.812. The molecule has 0 spiro atoms. The van der Waals surface area contributed by atoms with Crippen LogP contribution >= 0.6 is 0 Å². The molecule has 1 heterocycles. The lowest BCUT2D eigenvalue weighted by molar-refractivity contribution is -0.140. The fourth-order valence-electron chi connectivity index (χ4n) is 2.55. The van der Waals surface area contributed by atoms with Crippen molar-refractivity contribution >= 4 is 17.8 Å². The minimum absolute atomic E-state index is 0.0420. The first-order valence-corrected chi connectivity index (χ1v) is 8.12. The van der Waals surface area contributed by atoms with Crippen LogP contribution < -0.4 is 10.6 Å². The molecule has 1 rings (SSSR count). The van der Waals surface area contributed by atoms with E-state index in [0.717, 1.165) is 18.7 Å². The number of alkyl carbamates (subject to hydrolysis) is 1. The second kappa shape index (κ2) is 7.65. The van der Waals surface area contributed by atoms with E-state index in [1.807, 2.05) is 0 Å². The maximum absolute atomic E-state index is 14.6. The van der Waals surface area contributed by atoms with Gasteiger partial charge in [0.05, 0.1) is 12.6 Å². The number of nitrogens with zero attached hydrogens (tertiary/aromatic N) is 1. The number of ether oxygens (including phenoxy) is 1. The number of Topliss-reactive ketones (excluding diaryl/α,β-unsaturated/α-hetero) is 1. The van der Waals surface area contributed by atoms with Crippen molar-refractivity contribution in [3.05, 3.63) is 0 Å². The Morgan fingerprint density at radius 2 is 1.88 bits per heavy atom. The molecule has 0 radical (unpaired) electrons. The molecule has 0 aromatic rings. The normalized spacial score (nSPS) is 21.0. The van der Waals surface area contributed by atoms with Crippen LogP contribution in [0, 0.1) is 0 Å². The van der Waals surface area contributed by atoms with Gasteiger partial charge in [-0.05, 0) is 41.7 Å². The highest BCUT2D eigenvalue weighted by molar-refractivity contribution is 5.94. The molecule has 3 N–H and O–H groups in total. The van der Waals surface area contributed by atoms with Crippen LogP contribution in [0.5, 0.6) is 0 Å². The molecule has 1 aliphatic rings. The first kappa shape index (κ1) is 21.3. The summed E-state index contributed by atoms with van der Waals surface area (Å²) in [5.41, 5.74) is -2.92. The molecule has 1 saturated heterocycles. The smallest absolute Gasteiger partial charge is 0.408 e. The van der Waals surface area contributed by atoms with Crippen molar-refractivity contribution in [3.63, 3.8) is 0 Å². The lowest BCUT2D eigenvalue weighted by atomic mass is 9.99. The Balaban J connectivity index is 3.00. The molecular weight excluding hydrogens is 333 g/mol. The van der Waals surface area contributed by atoms with Crippen molar-refractivity contribution in [1.82, 2.24) is 15.5 Å². The third-order valence-corrected chi connectivity index (χ3v) is 3.72. The number of carbonyl (C=O) groups is 3. The van der Waals surface area contributed by atoms with Gasteiger partial charge in [-0.25, -0.2) is 9.18 Å². The Bertz CT molecular complexity index is 527. The number of amides is 2. The molecule has 1 unspecified atom stereocenters. The van der Waals surface area contributed by atoms with Crippen LogP contribution in [0.15, 0.2) is 0 Å². The number of carbonyl (C=O) groups excluding carboxylic acids is 3. The van der Waals surface area contributed by atoms with E-state index in [-0.39, 0.29) is 18.7 Å². The highest BCUT2D eigenvalue weighted by atomic mass is 19.1. The first-order valence-electron chi connectivity index (χ1n) is 8.12. The van der Waals surface area contributed by atoms with Crippen LogP contribution in [0.3, 0.4) is 0 Å². The van der Waals surface area contributed by atoms with Crippen LogP contribution in [0.25, 0.3) is 0 Å². The van der Waals surface area contributed by atoms with Gasteiger partial charge in [0.2, 0.25) is 5.91 Å². The Hall–Kier alpha value is -1.74. The molecular formula is C16H28FN3O5. The molecule has 25 heavy (non-hydrogen) atoms. The van der Waals surface area contributed by atoms with E-state index >= 15 is 0 Å². The Kier molecular flexibility index (Phi) is 6.52. The molecule has 144 valence electrons.